The summed E-state index contributed by atoms with van der Waals surface area (Å²) in [7, 11) is 1.89. The lowest BCUT2D eigenvalue weighted by atomic mass is 9.99. The molecule has 0 radical (unpaired) electrons. The smallest absolute Gasteiger partial charge is 0.247 e. The number of amides is 1. The van der Waals surface area contributed by atoms with Crippen molar-refractivity contribution in [2.75, 3.05) is 22.6 Å². The number of nitrogens with zero attached hydrogens (tertiary/aromatic N) is 6. The van der Waals surface area contributed by atoms with Crippen molar-refractivity contribution in [3.8, 4) is 6.07 Å². The molecule has 0 saturated carbocycles. The number of rotatable bonds is 6. The lowest BCUT2D eigenvalue weighted by Crippen LogP contribution is -2.49. The molecule has 0 fully saturated rings. The van der Waals surface area contributed by atoms with Crippen LogP contribution in [-0.2, 0) is 17.9 Å². The van der Waals surface area contributed by atoms with Gasteiger partial charge in [-0.25, -0.2) is 4.98 Å². The van der Waals surface area contributed by atoms with Gasteiger partial charge in [-0.3, -0.25) is 9.48 Å². The molecule has 0 unspecified atom stereocenters. The molecule has 0 aliphatic carbocycles. The number of aromatic nitrogens is 4. The molecule has 3 aromatic rings. The highest BCUT2D eigenvalue weighted by Gasteiger charge is 2.35. The zero-order chi connectivity index (χ0) is 22.1. The number of hydrogen-bond donors (Lipinski definition) is 2. The van der Waals surface area contributed by atoms with Crippen LogP contribution in [0, 0.1) is 24.2 Å². The van der Waals surface area contributed by atoms with Crippen LogP contribution < -0.4 is 15.5 Å². The Bertz CT molecular complexity index is 1160. The van der Waals surface area contributed by atoms with Crippen molar-refractivity contribution >= 4 is 34.7 Å². The zero-order valence-electron chi connectivity index (χ0n) is 17.9. The van der Waals surface area contributed by atoms with Crippen molar-refractivity contribution in [3.05, 3.63) is 45.5 Å². The quantitative estimate of drug-likeness (QED) is 0.611. The van der Waals surface area contributed by atoms with Crippen molar-refractivity contribution in [1.82, 2.24) is 19.7 Å². The maximum atomic E-state index is 12.5. The number of anilines is 3. The Kier molecular flexibility index (Phi) is 5.61. The van der Waals surface area contributed by atoms with Gasteiger partial charge in [-0.2, -0.15) is 15.3 Å². The maximum absolute atomic E-state index is 12.5. The van der Waals surface area contributed by atoms with E-state index in [0.717, 1.165) is 22.0 Å². The topological polar surface area (TPSA) is 112 Å². The summed E-state index contributed by atoms with van der Waals surface area (Å²) in [5.41, 5.74) is 2.38. The number of hydrogen-bond acceptors (Lipinski definition) is 8. The van der Waals surface area contributed by atoms with Crippen molar-refractivity contribution in [2.24, 2.45) is 5.92 Å². The number of nitriles is 1. The highest BCUT2D eigenvalue weighted by Crippen LogP contribution is 2.34. The van der Waals surface area contributed by atoms with Gasteiger partial charge < -0.3 is 15.5 Å². The first-order chi connectivity index (χ1) is 14.9. The van der Waals surface area contributed by atoms with E-state index in [1.807, 2.05) is 55.7 Å². The van der Waals surface area contributed by atoms with Crippen LogP contribution in [0.4, 0.5) is 17.5 Å². The molecule has 3 aromatic heterocycles. The summed E-state index contributed by atoms with van der Waals surface area (Å²) < 4.78 is 1.85. The highest BCUT2D eigenvalue weighted by molar-refractivity contribution is 7.12. The van der Waals surface area contributed by atoms with Gasteiger partial charge in [0.15, 0.2) is 5.82 Å². The van der Waals surface area contributed by atoms with Crippen LogP contribution in [0.1, 0.15) is 34.9 Å². The van der Waals surface area contributed by atoms with Gasteiger partial charge in [0.2, 0.25) is 11.9 Å². The molecule has 4 heterocycles. The maximum Gasteiger partial charge on any atom is 0.247 e. The second-order valence-electron chi connectivity index (χ2n) is 7.90. The molecule has 160 valence electrons. The Morgan fingerprint density at radius 3 is 2.87 bits per heavy atom. The van der Waals surface area contributed by atoms with E-state index in [4.69, 9.17) is 5.26 Å². The predicted octanol–water partition coefficient (Wildman–Crippen LogP) is 2.99. The molecule has 9 nitrogen and oxygen atoms in total. The normalized spacial score (nSPS) is 15.5. The van der Waals surface area contributed by atoms with Crippen LogP contribution in [0.25, 0.3) is 0 Å². The van der Waals surface area contributed by atoms with E-state index >= 15 is 0 Å². The van der Waals surface area contributed by atoms with Crippen LogP contribution in [0.15, 0.2) is 24.5 Å². The summed E-state index contributed by atoms with van der Waals surface area (Å²) in [6.07, 6.45) is 3.77. The standard InChI is InChI=1S/C21H24N8OS/c1-12(2)18-20(30)26-17-13(3)25-21(27-19(17)28(18)4)23-8-14-9-24-29(10-14)11-16-6-5-15(7-22)31-16/h5-6,9-10,12,18H,8,11H2,1-4H3,(H,26,30)(H,23,25,27)/t18-/m0/s1. The lowest BCUT2D eigenvalue weighted by Gasteiger charge is -2.36. The van der Waals surface area contributed by atoms with Crippen LogP contribution in [0.2, 0.25) is 0 Å². The summed E-state index contributed by atoms with van der Waals surface area (Å²) >= 11 is 1.47. The minimum absolute atomic E-state index is 0.0301. The van der Waals surface area contributed by atoms with Gasteiger partial charge in [0, 0.05) is 30.2 Å². The summed E-state index contributed by atoms with van der Waals surface area (Å²) in [4.78, 5) is 25.3. The minimum Gasteiger partial charge on any atom is -0.350 e. The first-order valence-corrected chi connectivity index (χ1v) is 10.8. The van der Waals surface area contributed by atoms with Crippen molar-refractivity contribution in [2.45, 2.75) is 39.9 Å². The first kappa shape index (κ1) is 20.8. The largest absolute Gasteiger partial charge is 0.350 e. The Balaban J connectivity index is 1.46. The zero-order valence-corrected chi connectivity index (χ0v) is 18.7. The number of fused-ring (bicyclic) bond motifs is 1. The van der Waals surface area contributed by atoms with Gasteiger partial charge in [0.1, 0.15) is 22.7 Å². The molecular formula is C21H24N8OS. The molecule has 1 aliphatic rings. The van der Waals surface area contributed by atoms with Crippen LogP contribution >= 0.6 is 11.3 Å². The van der Waals surface area contributed by atoms with Gasteiger partial charge in [0.05, 0.1) is 18.4 Å². The first-order valence-electron chi connectivity index (χ1n) is 10.0. The predicted molar refractivity (Wildman–Crippen MR) is 120 cm³/mol. The Morgan fingerprint density at radius 2 is 2.16 bits per heavy atom. The monoisotopic (exact) mass is 436 g/mol. The Hall–Kier alpha value is -3.45. The van der Waals surface area contributed by atoms with Gasteiger partial charge in [-0.05, 0) is 25.0 Å². The van der Waals surface area contributed by atoms with Crippen molar-refractivity contribution < 1.29 is 4.79 Å². The van der Waals surface area contributed by atoms with Crippen LogP contribution in [-0.4, -0.2) is 38.7 Å². The van der Waals surface area contributed by atoms with Gasteiger partial charge >= 0.3 is 0 Å². The van der Waals surface area contributed by atoms with Gasteiger partial charge in [-0.15, -0.1) is 11.3 Å². The third-order valence-electron chi connectivity index (χ3n) is 5.20. The molecule has 31 heavy (non-hydrogen) atoms. The summed E-state index contributed by atoms with van der Waals surface area (Å²) in [6, 6.07) is 5.66. The molecule has 1 amide bonds. The average Bonchev–Trinajstić information content (AvgIpc) is 3.36. The van der Waals surface area contributed by atoms with E-state index in [1.54, 1.807) is 6.20 Å². The Morgan fingerprint density at radius 1 is 1.35 bits per heavy atom. The molecule has 0 spiro atoms. The van der Waals surface area contributed by atoms with E-state index in [0.29, 0.717) is 29.6 Å². The fraction of sp³-hybridized carbons (Fsp3) is 0.381. The van der Waals surface area contributed by atoms with E-state index in [1.165, 1.54) is 11.3 Å². The lowest BCUT2D eigenvalue weighted by molar-refractivity contribution is -0.118. The van der Waals surface area contributed by atoms with Crippen molar-refractivity contribution in [1.29, 1.82) is 5.26 Å². The SMILES string of the molecule is Cc1nc(NCc2cnn(Cc3ccc(C#N)s3)c2)nc2c1NC(=O)[C@H](C(C)C)N2C. The third kappa shape index (κ3) is 4.22. The molecular weight excluding hydrogens is 412 g/mol. The molecule has 0 aromatic carbocycles. The molecule has 2 N–H and O–H groups in total. The third-order valence-corrected chi connectivity index (χ3v) is 6.17. The van der Waals surface area contributed by atoms with E-state index in [-0.39, 0.29) is 17.9 Å². The number of carbonyl (C=O) groups is 1. The number of carbonyl (C=O) groups excluding carboxylic acids is 1. The number of nitrogens with one attached hydrogen (secondary N) is 2. The second kappa shape index (κ2) is 8.35. The van der Waals surface area contributed by atoms with E-state index in [2.05, 4.69) is 31.8 Å². The van der Waals surface area contributed by atoms with Crippen LogP contribution in [0.3, 0.4) is 0 Å². The van der Waals surface area contributed by atoms with E-state index < -0.39 is 0 Å². The van der Waals surface area contributed by atoms with E-state index in [9.17, 15) is 4.79 Å². The van der Waals surface area contributed by atoms with Crippen LogP contribution in [0.5, 0.6) is 0 Å². The number of likely N-dealkylation sites (N-methyl/N-ethyl adjacent to an activating group) is 1. The summed E-state index contributed by atoms with van der Waals surface area (Å²) in [5, 5.41) is 19.6. The summed E-state index contributed by atoms with van der Waals surface area (Å²) in [5.74, 6) is 1.35. The molecule has 0 saturated heterocycles. The molecule has 4 rings (SSSR count). The molecule has 1 aliphatic heterocycles. The highest BCUT2D eigenvalue weighted by atomic mass is 32.1. The molecule has 1 atom stereocenters. The van der Waals surface area contributed by atoms with Crippen molar-refractivity contribution in [3.63, 3.8) is 0 Å². The number of thiophene rings is 1. The average molecular weight is 437 g/mol. The molecule has 0 bridgehead atoms. The van der Waals surface area contributed by atoms with Gasteiger partial charge in [0.25, 0.3) is 0 Å². The Labute approximate surface area is 184 Å². The fourth-order valence-corrected chi connectivity index (χ4v) is 4.54. The molecule has 10 heteroatoms. The summed E-state index contributed by atoms with van der Waals surface area (Å²) in [6.45, 7) is 7.06. The second-order valence-corrected chi connectivity index (χ2v) is 9.07. The fourth-order valence-electron chi connectivity index (χ4n) is 3.74. The minimum atomic E-state index is -0.272. The van der Waals surface area contributed by atoms with Gasteiger partial charge in [-0.1, -0.05) is 13.8 Å². The number of aryl methyl sites for hydroxylation is 1.